The third kappa shape index (κ3) is 3.72. The summed E-state index contributed by atoms with van der Waals surface area (Å²) in [5.74, 6) is 1.50. The van der Waals surface area contributed by atoms with E-state index in [1.54, 1.807) is 0 Å². The Labute approximate surface area is 122 Å². The number of para-hydroxylation sites is 1. The molecule has 100 valence electrons. The number of nitrogens with two attached hydrogens (primary N) is 1. The average Bonchev–Trinajstić information content (AvgIpc) is 2.35. The zero-order valence-electron chi connectivity index (χ0n) is 11.1. The summed E-state index contributed by atoms with van der Waals surface area (Å²) in [5, 5.41) is 0. The Kier molecular flexibility index (Phi) is 4.45. The summed E-state index contributed by atoms with van der Waals surface area (Å²) in [4.78, 5) is 2.10. The summed E-state index contributed by atoms with van der Waals surface area (Å²) in [6.07, 6.45) is 0. The predicted molar refractivity (Wildman–Crippen MR) is 82.5 cm³/mol. The van der Waals surface area contributed by atoms with Gasteiger partial charge < -0.3 is 15.4 Å². The molecule has 2 rings (SSSR count). The largest absolute Gasteiger partial charge is 0.455 e. The quantitative estimate of drug-likeness (QED) is 0.869. The molecule has 2 aromatic carbocycles. The molecule has 2 aromatic rings. The van der Waals surface area contributed by atoms with Crippen LogP contribution in [0.3, 0.4) is 0 Å². The molecule has 0 heterocycles. The third-order valence-corrected chi connectivity index (χ3v) is 3.15. The van der Waals surface area contributed by atoms with Crippen molar-refractivity contribution in [3.05, 3.63) is 52.5 Å². The molecule has 0 aliphatic rings. The van der Waals surface area contributed by atoms with E-state index in [0.29, 0.717) is 11.4 Å². The summed E-state index contributed by atoms with van der Waals surface area (Å²) < 4.78 is 6.89. The van der Waals surface area contributed by atoms with Gasteiger partial charge in [-0.15, -0.1) is 0 Å². The molecular formula is C15H17BrN2O. The lowest BCUT2D eigenvalue weighted by Crippen LogP contribution is -2.11. The van der Waals surface area contributed by atoms with Crippen LogP contribution in [0.25, 0.3) is 0 Å². The normalized spacial score (nSPS) is 10.7. The first-order valence-electron chi connectivity index (χ1n) is 6.02. The van der Waals surface area contributed by atoms with Gasteiger partial charge in [-0.2, -0.15) is 0 Å². The molecule has 0 radical (unpaired) electrons. The molecule has 0 aromatic heterocycles. The minimum Gasteiger partial charge on any atom is -0.455 e. The molecule has 0 saturated carbocycles. The van der Waals surface area contributed by atoms with E-state index in [2.05, 4.69) is 26.9 Å². The second-order valence-corrected chi connectivity index (χ2v) is 5.55. The van der Waals surface area contributed by atoms with Gasteiger partial charge in [0.25, 0.3) is 0 Å². The van der Waals surface area contributed by atoms with Crippen molar-refractivity contribution in [2.75, 3.05) is 19.8 Å². The van der Waals surface area contributed by atoms with Crippen LogP contribution in [-0.4, -0.2) is 19.0 Å². The maximum Gasteiger partial charge on any atom is 0.151 e. The van der Waals surface area contributed by atoms with Gasteiger partial charge >= 0.3 is 0 Å². The van der Waals surface area contributed by atoms with Gasteiger partial charge in [0.15, 0.2) is 5.75 Å². The number of nitrogen functional groups attached to an aromatic ring is 1. The SMILES string of the molecule is CN(C)Cc1ccccc1Oc1cc(Br)ccc1N. The zero-order chi connectivity index (χ0) is 13.8. The molecule has 19 heavy (non-hydrogen) atoms. The lowest BCUT2D eigenvalue weighted by molar-refractivity contribution is 0.389. The molecule has 0 unspecified atom stereocenters. The lowest BCUT2D eigenvalue weighted by atomic mass is 10.2. The summed E-state index contributed by atoms with van der Waals surface area (Å²) in [6, 6.07) is 13.6. The maximum atomic E-state index is 5.94. The van der Waals surface area contributed by atoms with Gasteiger partial charge in [0.2, 0.25) is 0 Å². The molecular weight excluding hydrogens is 304 g/mol. The van der Waals surface area contributed by atoms with E-state index in [-0.39, 0.29) is 0 Å². The Hall–Kier alpha value is -1.52. The zero-order valence-corrected chi connectivity index (χ0v) is 12.6. The molecule has 0 fully saturated rings. The van der Waals surface area contributed by atoms with E-state index in [0.717, 1.165) is 22.3 Å². The predicted octanol–water partition coefficient (Wildman–Crippen LogP) is 3.89. The van der Waals surface area contributed by atoms with Crippen LogP contribution >= 0.6 is 15.9 Å². The van der Waals surface area contributed by atoms with Crippen LogP contribution < -0.4 is 10.5 Å². The fraction of sp³-hybridized carbons (Fsp3) is 0.200. The van der Waals surface area contributed by atoms with Crippen molar-refractivity contribution in [1.29, 1.82) is 0 Å². The van der Waals surface area contributed by atoms with E-state index in [4.69, 9.17) is 10.5 Å². The summed E-state index contributed by atoms with van der Waals surface area (Å²) in [7, 11) is 4.06. The number of ether oxygens (including phenoxy) is 1. The van der Waals surface area contributed by atoms with Gasteiger partial charge in [-0.1, -0.05) is 34.1 Å². The van der Waals surface area contributed by atoms with Crippen LogP contribution in [0.2, 0.25) is 0 Å². The molecule has 0 aliphatic heterocycles. The van der Waals surface area contributed by atoms with Crippen LogP contribution in [-0.2, 0) is 6.54 Å². The van der Waals surface area contributed by atoms with Gasteiger partial charge in [-0.05, 0) is 38.4 Å². The fourth-order valence-corrected chi connectivity index (χ4v) is 2.13. The second-order valence-electron chi connectivity index (χ2n) is 4.63. The first-order chi connectivity index (χ1) is 9.06. The number of hydrogen-bond donors (Lipinski definition) is 1. The van der Waals surface area contributed by atoms with Gasteiger partial charge in [0.05, 0.1) is 5.69 Å². The minimum absolute atomic E-state index is 0.628. The van der Waals surface area contributed by atoms with Gasteiger partial charge in [-0.25, -0.2) is 0 Å². The van der Waals surface area contributed by atoms with Crippen molar-refractivity contribution in [3.63, 3.8) is 0 Å². The maximum absolute atomic E-state index is 5.94. The van der Waals surface area contributed by atoms with Crippen molar-refractivity contribution >= 4 is 21.6 Å². The van der Waals surface area contributed by atoms with Crippen molar-refractivity contribution < 1.29 is 4.74 Å². The Morgan fingerprint density at radius 2 is 1.84 bits per heavy atom. The smallest absolute Gasteiger partial charge is 0.151 e. The van der Waals surface area contributed by atoms with Gasteiger partial charge in [0, 0.05) is 16.6 Å². The van der Waals surface area contributed by atoms with E-state index >= 15 is 0 Å². The molecule has 2 N–H and O–H groups in total. The molecule has 4 heteroatoms. The monoisotopic (exact) mass is 320 g/mol. The highest BCUT2D eigenvalue weighted by molar-refractivity contribution is 9.10. The number of rotatable bonds is 4. The van der Waals surface area contributed by atoms with Crippen LogP contribution in [0.4, 0.5) is 5.69 Å². The Balaban J connectivity index is 2.30. The van der Waals surface area contributed by atoms with Crippen molar-refractivity contribution in [1.82, 2.24) is 4.90 Å². The summed E-state index contributed by atoms with van der Waals surface area (Å²) in [6.45, 7) is 0.823. The standard InChI is InChI=1S/C15H17BrN2O/c1-18(2)10-11-5-3-4-6-14(11)19-15-9-12(16)7-8-13(15)17/h3-9H,10,17H2,1-2H3. The molecule has 0 aliphatic carbocycles. The highest BCUT2D eigenvalue weighted by Gasteiger charge is 2.08. The molecule has 3 nitrogen and oxygen atoms in total. The fourth-order valence-electron chi connectivity index (χ4n) is 1.79. The number of halogens is 1. The molecule has 0 bridgehead atoms. The van der Waals surface area contributed by atoms with Crippen molar-refractivity contribution in [2.24, 2.45) is 0 Å². The highest BCUT2D eigenvalue weighted by Crippen LogP contribution is 2.32. The average molecular weight is 321 g/mol. The lowest BCUT2D eigenvalue weighted by Gasteiger charge is -2.15. The van der Waals surface area contributed by atoms with Crippen LogP contribution in [0.5, 0.6) is 11.5 Å². The first-order valence-corrected chi connectivity index (χ1v) is 6.81. The van der Waals surface area contributed by atoms with Gasteiger partial charge in [-0.3, -0.25) is 0 Å². The molecule has 0 atom stereocenters. The number of nitrogens with zero attached hydrogens (tertiary/aromatic N) is 1. The minimum atomic E-state index is 0.628. The number of anilines is 1. The highest BCUT2D eigenvalue weighted by atomic mass is 79.9. The first kappa shape index (κ1) is 13.9. The van der Waals surface area contributed by atoms with Gasteiger partial charge in [0.1, 0.15) is 5.75 Å². The van der Waals surface area contributed by atoms with Crippen molar-refractivity contribution in [3.8, 4) is 11.5 Å². The molecule has 0 saturated heterocycles. The summed E-state index contributed by atoms with van der Waals surface area (Å²) in [5.41, 5.74) is 7.69. The Morgan fingerprint density at radius 3 is 2.58 bits per heavy atom. The van der Waals surface area contributed by atoms with E-state index in [1.165, 1.54) is 0 Å². The number of benzene rings is 2. The molecule has 0 spiro atoms. The van der Waals surface area contributed by atoms with Crippen LogP contribution in [0.15, 0.2) is 46.9 Å². The van der Waals surface area contributed by atoms with E-state index < -0.39 is 0 Å². The topological polar surface area (TPSA) is 38.5 Å². The van der Waals surface area contributed by atoms with Crippen LogP contribution in [0.1, 0.15) is 5.56 Å². The molecule has 0 amide bonds. The van der Waals surface area contributed by atoms with E-state index in [9.17, 15) is 0 Å². The Morgan fingerprint density at radius 1 is 1.11 bits per heavy atom. The number of hydrogen-bond acceptors (Lipinski definition) is 3. The third-order valence-electron chi connectivity index (χ3n) is 2.65. The van der Waals surface area contributed by atoms with E-state index in [1.807, 2.05) is 50.5 Å². The second kappa shape index (κ2) is 6.08. The Bertz CT molecular complexity index is 570. The van der Waals surface area contributed by atoms with Crippen LogP contribution in [0, 0.1) is 0 Å². The summed E-state index contributed by atoms with van der Waals surface area (Å²) >= 11 is 3.42. The van der Waals surface area contributed by atoms with Crippen molar-refractivity contribution in [2.45, 2.75) is 6.54 Å².